The van der Waals surface area contributed by atoms with E-state index >= 15 is 0 Å². The monoisotopic (exact) mass is 438 g/mol. The van der Waals surface area contributed by atoms with Gasteiger partial charge in [-0.3, -0.25) is 9.69 Å². The van der Waals surface area contributed by atoms with Crippen LogP contribution in [0.3, 0.4) is 0 Å². The van der Waals surface area contributed by atoms with Gasteiger partial charge in [-0.1, -0.05) is 38.2 Å². The number of hydrogen-bond donors (Lipinski definition) is 0. The Kier molecular flexibility index (Phi) is 6.41. The molecule has 7 heteroatoms. The summed E-state index contributed by atoms with van der Waals surface area (Å²) in [6.07, 6.45) is 0.989. The fraction of sp³-hybridized carbons (Fsp3) is 0.348. The van der Waals surface area contributed by atoms with Crippen molar-refractivity contribution in [1.29, 1.82) is 0 Å². The first-order valence-electron chi connectivity index (χ1n) is 10.4. The average molecular weight is 439 g/mol. The van der Waals surface area contributed by atoms with E-state index in [0.717, 1.165) is 51.6 Å². The number of nitrogens with zero attached hydrogens (tertiary/aromatic N) is 4. The average Bonchev–Trinajstić information content (AvgIpc) is 3.41. The summed E-state index contributed by atoms with van der Waals surface area (Å²) in [5.41, 5.74) is 5.66. The molecule has 0 saturated heterocycles. The van der Waals surface area contributed by atoms with Crippen LogP contribution in [-0.4, -0.2) is 47.0 Å². The summed E-state index contributed by atoms with van der Waals surface area (Å²) in [6.45, 7) is 9.81. The molecule has 0 unspecified atom stereocenters. The van der Waals surface area contributed by atoms with E-state index in [4.69, 9.17) is 4.98 Å². The molecule has 2 heterocycles. The Balaban J connectivity index is 1.70. The predicted octanol–water partition coefficient (Wildman–Crippen LogP) is 5.46. The Morgan fingerprint density at radius 1 is 0.967 bits per heavy atom. The Bertz CT molecular complexity index is 1160. The molecule has 0 N–H and O–H groups in total. The first-order valence-corrected chi connectivity index (χ1v) is 12.1. The molecule has 0 saturated carbocycles. The van der Waals surface area contributed by atoms with Crippen LogP contribution in [-0.2, 0) is 6.42 Å². The summed E-state index contributed by atoms with van der Waals surface area (Å²) < 4.78 is 2.16. The number of hydrogen-bond acceptors (Lipinski definition) is 6. The third kappa shape index (κ3) is 4.24. The number of likely N-dealkylation sites (N-methyl/N-ethyl adjacent to an activating group) is 1. The molecular formula is C23H26N4OS2. The van der Waals surface area contributed by atoms with Gasteiger partial charge in [-0.15, -0.1) is 11.3 Å². The molecule has 1 amide bonds. The highest BCUT2D eigenvalue weighted by Crippen LogP contribution is 2.31. The lowest BCUT2D eigenvalue weighted by Crippen LogP contribution is -2.38. The highest BCUT2D eigenvalue weighted by atomic mass is 32.1. The zero-order chi connectivity index (χ0) is 21.1. The van der Waals surface area contributed by atoms with Crippen LogP contribution in [0.15, 0.2) is 41.9 Å². The standard InChI is InChI=1S/C23H26N4OS2/c1-4-16-7-9-19-21(13-16)30-23(25-19)27(12-11-26(5-2)6-3)22(28)17-8-10-18-20(14-17)29-15-24-18/h7-10,13-15H,4-6,11-12H2,1-3H3. The molecule has 0 bridgehead atoms. The van der Waals surface area contributed by atoms with Crippen LogP contribution in [0.1, 0.15) is 36.7 Å². The van der Waals surface area contributed by atoms with Gasteiger partial charge in [-0.25, -0.2) is 9.97 Å². The molecule has 4 rings (SSSR count). The fourth-order valence-electron chi connectivity index (χ4n) is 3.50. The topological polar surface area (TPSA) is 49.3 Å². The zero-order valence-electron chi connectivity index (χ0n) is 17.6. The van der Waals surface area contributed by atoms with E-state index in [1.165, 1.54) is 5.56 Å². The summed E-state index contributed by atoms with van der Waals surface area (Å²) in [7, 11) is 0. The largest absolute Gasteiger partial charge is 0.302 e. The first-order chi connectivity index (χ1) is 14.6. The molecule has 2 aromatic heterocycles. The first kappa shape index (κ1) is 20.9. The SMILES string of the molecule is CCc1ccc2nc(N(CCN(CC)CC)C(=O)c3ccc4ncsc4c3)sc2c1. The van der Waals surface area contributed by atoms with Gasteiger partial charge >= 0.3 is 0 Å². The highest BCUT2D eigenvalue weighted by molar-refractivity contribution is 7.22. The predicted molar refractivity (Wildman–Crippen MR) is 128 cm³/mol. The molecular weight excluding hydrogens is 412 g/mol. The summed E-state index contributed by atoms with van der Waals surface area (Å²) in [6, 6.07) is 12.1. The van der Waals surface area contributed by atoms with Crippen LogP contribution in [0.25, 0.3) is 20.4 Å². The van der Waals surface area contributed by atoms with Crippen molar-refractivity contribution in [3.8, 4) is 0 Å². The van der Waals surface area contributed by atoms with Gasteiger partial charge in [0.2, 0.25) is 0 Å². The number of benzene rings is 2. The Morgan fingerprint density at radius 3 is 2.53 bits per heavy atom. The minimum Gasteiger partial charge on any atom is -0.302 e. The van der Waals surface area contributed by atoms with E-state index < -0.39 is 0 Å². The van der Waals surface area contributed by atoms with Gasteiger partial charge in [0.1, 0.15) is 0 Å². The second-order valence-corrected chi connectivity index (χ2v) is 9.07. The number of aromatic nitrogens is 2. The Morgan fingerprint density at radius 2 is 1.77 bits per heavy atom. The van der Waals surface area contributed by atoms with Crippen molar-refractivity contribution >= 4 is 54.1 Å². The van der Waals surface area contributed by atoms with Crippen LogP contribution in [0.4, 0.5) is 5.13 Å². The minimum atomic E-state index is -0.00720. The lowest BCUT2D eigenvalue weighted by atomic mass is 10.2. The minimum absolute atomic E-state index is 0.00720. The highest BCUT2D eigenvalue weighted by Gasteiger charge is 2.22. The third-order valence-electron chi connectivity index (χ3n) is 5.44. The molecule has 0 radical (unpaired) electrons. The van der Waals surface area contributed by atoms with Crippen LogP contribution >= 0.6 is 22.7 Å². The van der Waals surface area contributed by atoms with Gasteiger partial charge in [-0.2, -0.15) is 0 Å². The molecule has 156 valence electrons. The zero-order valence-corrected chi connectivity index (χ0v) is 19.2. The summed E-state index contributed by atoms with van der Waals surface area (Å²) in [4.78, 5) is 26.9. The quantitative estimate of drug-likeness (QED) is 0.367. The van der Waals surface area contributed by atoms with E-state index in [1.54, 1.807) is 22.7 Å². The summed E-state index contributed by atoms with van der Waals surface area (Å²) >= 11 is 3.15. The molecule has 5 nitrogen and oxygen atoms in total. The number of thiazole rings is 2. The Hall–Kier alpha value is -2.35. The molecule has 2 aromatic carbocycles. The third-order valence-corrected chi connectivity index (χ3v) is 7.27. The van der Waals surface area contributed by atoms with E-state index in [9.17, 15) is 4.79 Å². The molecule has 4 aromatic rings. The molecule has 0 aliphatic heterocycles. The Labute approximate surface area is 185 Å². The van der Waals surface area contributed by atoms with Crippen molar-refractivity contribution in [3.05, 3.63) is 53.0 Å². The molecule has 0 atom stereocenters. The van der Waals surface area contributed by atoms with E-state index in [1.807, 2.05) is 28.6 Å². The van der Waals surface area contributed by atoms with Crippen molar-refractivity contribution in [2.24, 2.45) is 0 Å². The van der Waals surface area contributed by atoms with Crippen LogP contribution in [0.5, 0.6) is 0 Å². The summed E-state index contributed by atoms with van der Waals surface area (Å²) in [5, 5.41) is 0.764. The molecule has 0 aliphatic rings. The van der Waals surface area contributed by atoms with Crippen molar-refractivity contribution in [1.82, 2.24) is 14.9 Å². The van der Waals surface area contributed by atoms with Gasteiger partial charge < -0.3 is 4.90 Å². The van der Waals surface area contributed by atoms with Crippen molar-refractivity contribution < 1.29 is 4.79 Å². The van der Waals surface area contributed by atoms with Crippen LogP contribution < -0.4 is 4.90 Å². The summed E-state index contributed by atoms with van der Waals surface area (Å²) in [5.74, 6) is -0.00720. The normalized spacial score (nSPS) is 11.6. The van der Waals surface area contributed by atoms with Crippen LogP contribution in [0, 0.1) is 0 Å². The van der Waals surface area contributed by atoms with Crippen LogP contribution in [0.2, 0.25) is 0 Å². The number of anilines is 1. The molecule has 0 spiro atoms. The van der Waals surface area contributed by atoms with Gasteiger partial charge in [0.15, 0.2) is 5.13 Å². The molecule has 30 heavy (non-hydrogen) atoms. The number of fused-ring (bicyclic) bond motifs is 2. The van der Waals surface area contributed by atoms with Gasteiger partial charge in [0.05, 0.1) is 25.9 Å². The lowest BCUT2D eigenvalue weighted by molar-refractivity contribution is 0.0984. The van der Waals surface area contributed by atoms with E-state index in [0.29, 0.717) is 12.1 Å². The molecule has 0 fully saturated rings. The van der Waals surface area contributed by atoms with E-state index in [2.05, 4.69) is 48.9 Å². The number of amides is 1. The second kappa shape index (κ2) is 9.20. The number of carbonyl (C=O) groups is 1. The number of rotatable bonds is 8. The maximum Gasteiger partial charge on any atom is 0.260 e. The van der Waals surface area contributed by atoms with E-state index in [-0.39, 0.29) is 5.91 Å². The van der Waals surface area contributed by atoms with Gasteiger partial charge in [0.25, 0.3) is 5.91 Å². The lowest BCUT2D eigenvalue weighted by Gasteiger charge is -2.24. The number of aryl methyl sites for hydroxylation is 1. The maximum absolute atomic E-state index is 13.6. The number of carbonyl (C=O) groups excluding carboxylic acids is 1. The molecule has 0 aliphatic carbocycles. The van der Waals surface area contributed by atoms with Crippen molar-refractivity contribution in [3.63, 3.8) is 0 Å². The van der Waals surface area contributed by atoms with Crippen molar-refractivity contribution in [2.45, 2.75) is 27.2 Å². The van der Waals surface area contributed by atoms with Gasteiger partial charge in [0, 0.05) is 18.7 Å². The second-order valence-electron chi connectivity index (χ2n) is 7.17. The van der Waals surface area contributed by atoms with Crippen molar-refractivity contribution in [2.75, 3.05) is 31.1 Å². The van der Waals surface area contributed by atoms with Gasteiger partial charge in [-0.05, 0) is 55.4 Å². The fourth-order valence-corrected chi connectivity index (χ4v) is 5.27. The smallest absolute Gasteiger partial charge is 0.260 e. The maximum atomic E-state index is 13.6.